The molecule has 1 amide bonds. The van der Waals surface area contributed by atoms with Gasteiger partial charge in [0, 0.05) is 17.2 Å². The summed E-state index contributed by atoms with van der Waals surface area (Å²) in [6.07, 6.45) is -3.78. The summed E-state index contributed by atoms with van der Waals surface area (Å²) in [5.41, 5.74) is -0.850. The summed E-state index contributed by atoms with van der Waals surface area (Å²) in [4.78, 5) is 12.2. The van der Waals surface area contributed by atoms with Crippen molar-refractivity contribution in [2.24, 2.45) is 0 Å². The van der Waals surface area contributed by atoms with Gasteiger partial charge in [0.15, 0.2) is 0 Å². The number of ether oxygens (including phenoxy) is 1. The minimum atomic E-state index is -3.85. The van der Waals surface area contributed by atoms with Crippen molar-refractivity contribution in [3.63, 3.8) is 0 Å². The largest absolute Gasteiger partial charge is 0.444 e. The monoisotopic (exact) mass is 307 g/mol. The van der Waals surface area contributed by atoms with Crippen LogP contribution < -0.4 is 0 Å². The molecule has 5 nitrogen and oxygen atoms in total. The molecule has 9 heteroatoms. The van der Waals surface area contributed by atoms with E-state index in [1.807, 2.05) is 0 Å². The third-order valence-electron chi connectivity index (χ3n) is 1.62. The minimum absolute atomic E-state index is 0.439. The summed E-state index contributed by atoms with van der Waals surface area (Å²) >= 11 is 0. The Morgan fingerprint density at radius 2 is 1.89 bits per heavy atom. The van der Waals surface area contributed by atoms with Crippen LogP contribution in [0.15, 0.2) is 0 Å². The van der Waals surface area contributed by atoms with E-state index in [-0.39, 0.29) is 0 Å². The van der Waals surface area contributed by atoms with Crippen LogP contribution in [-0.4, -0.2) is 50.3 Å². The third kappa shape index (κ3) is 9.41. The van der Waals surface area contributed by atoms with Crippen LogP contribution in [0.1, 0.15) is 20.8 Å². The molecule has 0 aromatic heterocycles. The highest BCUT2D eigenvalue weighted by Crippen LogP contribution is 2.11. The molecule has 0 bridgehead atoms. The van der Waals surface area contributed by atoms with Crippen molar-refractivity contribution in [2.45, 2.75) is 32.8 Å². The number of carbonyl (C=O) groups is 1. The molecule has 0 atom stereocenters. The molecule has 0 spiro atoms. The molecule has 0 saturated carbocycles. The van der Waals surface area contributed by atoms with Crippen molar-refractivity contribution < 1.29 is 26.7 Å². The van der Waals surface area contributed by atoms with E-state index < -0.39 is 46.0 Å². The zero-order valence-electron chi connectivity index (χ0n) is 10.3. The molecule has 0 aromatic rings. The van der Waals surface area contributed by atoms with Crippen LogP contribution in [0.5, 0.6) is 0 Å². The van der Waals surface area contributed by atoms with Crippen LogP contribution in [0.2, 0.25) is 0 Å². The lowest BCUT2D eigenvalue weighted by molar-refractivity contribution is 0.0118. The van der Waals surface area contributed by atoms with Gasteiger partial charge in [0.1, 0.15) is 5.60 Å². The fraction of sp³-hybridized carbons (Fsp3) is 0.889. The number of hydrogen-bond acceptors (Lipinski definition) is 4. The quantitative estimate of drug-likeness (QED) is 0.729. The van der Waals surface area contributed by atoms with Gasteiger partial charge < -0.3 is 9.64 Å². The number of nitrogens with zero attached hydrogens (tertiary/aromatic N) is 1. The van der Waals surface area contributed by atoms with Gasteiger partial charge in [0.05, 0.1) is 12.3 Å². The Balaban J connectivity index is 4.62. The van der Waals surface area contributed by atoms with Crippen LogP contribution in [0.25, 0.3) is 0 Å². The van der Waals surface area contributed by atoms with E-state index >= 15 is 0 Å². The van der Waals surface area contributed by atoms with Gasteiger partial charge in [-0.2, -0.15) is 0 Å². The van der Waals surface area contributed by atoms with Gasteiger partial charge in [-0.15, -0.1) is 0 Å². The van der Waals surface area contributed by atoms with Crippen LogP contribution >= 0.6 is 10.7 Å². The van der Waals surface area contributed by atoms with Crippen LogP contribution in [0.3, 0.4) is 0 Å². The summed E-state index contributed by atoms with van der Waals surface area (Å²) in [6.45, 7) is 3.38. The molecule has 0 fully saturated rings. The zero-order valence-corrected chi connectivity index (χ0v) is 11.9. The highest BCUT2D eigenvalue weighted by Gasteiger charge is 2.25. The first-order valence-corrected chi connectivity index (χ1v) is 7.57. The summed E-state index contributed by atoms with van der Waals surface area (Å²) in [5.74, 6) is -0.611. The molecule has 0 aromatic carbocycles. The standard InChI is InChI=1S/C9H16ClF2NO4S/c1-9(2,3)17-8(14)13(6-7(11)12)4-5-18(10,15)16/h7H,4-6H2,1-3H3. The molecule has 0 aliphatic rings. The third-order valence-corrected chi connectivity index (χ3v) is 2.75. The lowest BCUT2D eigenvalue weighted by atomic mass is 10.2. The van der Waals surface area contributed by atoms with Gasteiger partial charge in [-0.25, -0.2) is 22.0 Å². The number of halogens is 3. The molecule has 18 heavy (non-hydrogen) atoms. The van der Waals surface area contributed by atoms with E-state index in [4.69, 9.17) is 15.4 Å². The summed E-state index contributed by atoms with van der Waals surface area (Å²) in [7, 11) is 1.10. The summed E-state index contributed by atoms with van der Waals surface area (Å²) in [5, 5.41) is 0. The maximum atomic E-state index is 12.3. The first-order chi connectivity index (χ1) is 7.91. The molecule has 0 unspecified atom stereocenters. The van der Waals surface area contributed by atoms with Gasteiger partial charge in [0.2, 0.25) is 9.05 Å². The lowest BCUT2D eigenvalue weighted by Crippen LogP contribution is -2.41. The Kier molecular flexibility index (Phi) is 6.28. The molecule has 0 saturated heterocycles. The predicted molar refractivity (Wildman–Crippen MR) is 63.5 cm³/mol. The number of carbonyl (C=O) groups excluding carboxylic acids is 1. The number of amides is 1. The van der Waals surface area contributed by atoms with Gasteiger partial charge in [-0.1, -0.05) is 0 Å². The zero-order chi connectivity index (χ0) is 14.6. The highest BCUT2D eigenvalue weighted by molar-refractivity contribution is 8.13. The Labute approximate surface area is 109 Å². The van der Waals surface area contributed by atoms with E-state index in [1.54, 1.807) is 20.8 Å². The Hall–Kier alpha value is -0.630. The highest BCUT2D eigenvalue weighted by atomic mass is 35.7. The maximum Gasteiger partial charge on any atom is 0.410 e. The number of hydrogen-bond donors (Lipinski definition) is 0. The molecule has 0 rings (SSSR count). The topological polar surface area (TPSA) is 63.7 Å². The average molecular weight is 308 g/mol. The van der Waals surface area contributed by atoms with Gasteiger partial charge in [0.25, 0.3) is 6.43 Å². The Morgan fingerprint density at radius 1 is 1.39 bits per heavy atom. The van der Waals surface area contributed by atoms with Crippen molar-refractivity contribution in [3.8, 4) is 0 Å². The van der Waals surface area contributed by atoms with E-state index in [0.717, 1.165) is 0 Å². The van der Waals surface area contributed by atoms with Gasteiger partial charge in [-0.05, 0) is 20.8 Å². The second-order valence-corrected chi connectivity index (χ2v) is 7.46. The smallest absolute Gasteiger partial charge is 0.410 e. The molecule has 0 radical (unpaired) electrons. The summed E-state index contributed by atoms with van der Waals surface area (Å²) in [6, 6.07) is 0. The van der Waals surface area contributed by atoms with E-state index in [1.165, 1.54) is 0 Å². The van der Waals surface area contributed by atoms with Gasteiger partial charge >= 0.3 is 6.09 Å². The molecular formula is C9H16ClF2NO4S. The van der Waals surface area contributed by atoms with Crippen molar-refractivity contribution >= 4 is 25.8 Å². The van der Waals surface area contributed by atoms with E-state index in [2.05, 4.69) is 0 Å². The van der Waals surface area contributed by atoms with Crippen LogP contribution in [0, 0.1) is 0 Å². The fourth-order valence-electron chi connectivity index (χ4n) is 0.969. The van der Waals surface area contributed by atoms with E-state index in [9.17, 15) is 22.0 Å². The first kappa shape index (κ1) is 17.4. The number of rotatable bonds is 5. The van der Waals surface area contributed by atoms with Crippen molar-refractivity contribution in [1.82, 2.24) is 4.90 Å². The molecule has 0 aliphatic heterocycles. The molecule has 108 valence electrons. The molecule has 0 N–H and O–H groups in total. The van der Waals surface area contributed by atoms with Crippen molar-refractivity contribution in [2.75, 3.05) is 18.8 Å². The van der Waals surface area contributed by atoms with Crippen molar-refractivity contribution in [1.29, 1.82) is 0 Å². The molecular weight excluding hydrogens is 292 g/mol. The van der Waals surface area contributed by atoms with Crippen LogP contribution in [-0.2, 0) is 13.8 Å². The lowest BCUT2D eigenvalue weighted by Gasteiger charge is -2.26. The molecule has 0 aliphatic carbocycles. The fourth-order valence-corrected chi connectivity index (χ4v) is 1.61. The van der Waals surface area contributed by atoms with E-state index in [0.29, 0.717) is 4.90 Å². The molecule has 0 heterocycles. The minimum Gasteiger partial charge on any atom is -0.444 e. The predicted octanol–water partition coefficient (Wildman–Crippen LogP) is 2.06. The second-order valence-electron chi connectivity index (χ2n) is 4.56. The van der Waals surface area contributed by atoms with Crippen molar-refractivity contribution in [3.05, 3.63) is 0 Å². The summed E-state index contributed by atoms with van der Waals surface area (Å²) < 4.78 is 50.9. The first-order valence-electron chi connectivity index (χ1n) is 5.09. The Bertz CT molecular complexity index is 381. The number of alkyl halides is 2. The van der Waals surface area contributed by atoms with Crippen LogP contribution in [0.4, 0.5) is 13.6 Å². The van der Waals surface area contributed by atoms with Gasteiger partial charge in [-0.3, -0.25) is 0 Å². The normalized spacial score (nSPS) is 12.6. The SMILES string of the molecule is CC(C)(C)OC(=O)N(CCS(=O)(=O)Cl)CC(F)F. The Morgan fingerprint density at radius 3 is 2.22 bits per heavy atom. The average Bonchev–Trinajstić information content (AvgIpc) is 2.06. The second kappa shape index (κ2) is 6.51. The maximum absolute atomic E-state index is 12.3.